The van der Waals surface area contributed by atoms with E-state index in [4.69, 9.17) is 9.84 Å². The molecule has 0 fully saturated rings. The summed E-state index contributed by atoms with van der Waals surface area (Å²) >= 11 is 1.45. The lowest BCUT2D eigenvalue weighted by atomic mass is 10.2. The van der Waals surface area contributed by atoms with Crippen LogP contribution in [-0.4, -0.2) is 36.5 Å². The minimum absolute atomic E-state index is 0.0149. The Morgan fingerprint density at radius 3 is 3.00 bits per heavy atom. The monoisotopic (exact) mass is 269 g/mol. The van der Waals surface area contributed by atoms with Crippen LogP contribution in [0.3, 0.4) is 0 Å². The summed E-state index contributed by atoms with van der Waals surface area (Å²) in [5, 5.41) is 11.9. The Balaban J connectivity index is 2.37. The highest BCUT2D eigenvalue weighted by Gasteiger charge is 2.07. The van der Waals surface area contributed by atoms with Gasteiger partial charge in [0.15, 0.2) is 0 Å². The molecule has 1 unspecified atom stereocenters. The normalized spacial score (nSPS) is 12.2. The quantitative estimate of drug-likeness (QED) is 0.735. The van der Waals surface area contributed by atoms with Gasteiger partial charge in [0.05, 0.1) is 19.0 Å². The number of benzene rings is 1. The maximum absolute atomic E-state index is 11.6. The SMILES string of the molecule is COCC(C)NC(=O)CSc1cccc(CO)c1. The fraction of sp³-hybridized carbons (Fsp3) is 0.462. The molecule has 100 valence electrons. The first kappa shape index (κ1) is 15.0. The summed E-state index contributed by atoms with van der Waals surface area (Å²) < 4.78 is 4.95. The molecule has 5 heteroatoms. The Labute approximate surface area is 112 Å². The molecular weight excluding hydrogens is 250 g/mol. The van der Waals surface area contributed by atoms with Crippen molar-refractivity contribution in [2.75, 3.05) is 19.5 Å². The van der Waals surface area contributed by atoms with Gasteiger partial charge >= 0.3 is 0 Å². The maximum Gasteiger partial charge on any atom is 0.230 e. The third-order valence-corrected chi connectivity index (χ3v) is 3.27. The van der Waals surface area contributed by atoms with Crippen LogP contribution in [0.25, 0.3) is 0 Å². The summed E-state index contributed by atoms with van der Waals surface area (Å²) in [5.74, 6) is 0.349. The topological polar surface area (TPSA) is 58.6 Å². The number of thioether (sulfide) groups is 1. The highest BCUT2D eigenvalue weighted by molar-refractivity contribution is 8.00. The van der Waals surface area contributed by atoms with Crippen molar-refractivity contribution in [3.05, 3.63) is 29.8 Å². The third kappa shape index (κ3) is 5.53. The van der Waals surface area contributed by atoms with Crippen LogP contribution in [0.1, 0.15) is 12.5 Å². The number of rotatable bonds is 7. The molecule has 1 rings (SSSR count). The van der Waals surface area contributed by atoms with Crippen LogP contribution < -0.4 is 5.32 Å². The van der Waals surface area contributed by atoms with E-state index < -0.39 is 0 Å². The standard InChI is InChI=1S/C13H19NO3S/c1-10(8-17-2)14-13(16)9-18-12-5-3-4-11(6-12)7-15/h3-6,10,15H,7-9H2,1-2H3,(H,14,16). The van der Waals surface area contributed by atoms with Gasteiger partial charge in [0.2, 0.25) is 5.91 Å². The Bertz CT molecular complexity index is 384. The van der Waals surface area contributed by atoms with Crippen molar-refractivity contribution in [3.63, 3.8) is 0 Å². The van der Waals surface area contributed by atoms with Crippen LogP contribution in [0, 0.1) is 0 Å². The molecule has 0 aliphatic carbocycles. The van der Waals surface area contributed by atoms with Gasteiger partial charge in [0, 0.05) is 18.0 Å². The zero-order valence-corrected chi connectivity index (χ0v) is 11.5. The summed E-state index contributed by atoms with van der Waals surface area (Å²) in [7, 11) is 1.61. The second-order valence-electron chi connectivity index (χ2n) is 4.02. The fourth-order valence-electron chi connectivity index (χ4n) is 1.49. The van der Waals surface area contributed by atoms with Crippen molar-refractivity contribution in [3.8, 4) is 0 Å². The van der Waals surface area contributed by atoms with Crippen LogP contribution in [0.15, 0.2) is 29.2 Å². The number of ether oxygens (including phenoxy) is 1. The van der Waals surface area contributed by atoms with Gasteiger partial charge in [-0.15, -0.1) is 11.8 Å². The lowest BCUT2D eigenvalue weighted by Crippen LogP contribution is -2.36. The van der Waals surface area contributed by atoms with Gasteiger partial charge in [0.25, 0.3) is 0 Å². The molecule has 18 heavy (non-hydrogen) atoms. The van der Waals surface area contributed by atoms with Crippen LogP contribution in [0.4, 0.5) is 0 Å². The lowest BCUT2D eigenvalue weighted by Gasteiger charge is -2.12. The van der Waals surface area contributed by atoms with E-state index in [0.29, 0.717) is 12.4 Å². The molecule has 0 spiro atoms. The van der Waals surface area contributed by atoms with Gasteiger partial charge in [-0.05, 0) is 24.6 Å². The lowest BCUT2D eigenvalue weighted by molar-refractivity contribution is -0.119. The Morgan fingerprint density at radius 1 is 1.56 bits per heavy atom. The summed E-state index contributed by atoms with van der Waals surface area (Å²) in [6.07, 6.45) is 0. The smallest absolute Gasteiger partial charge is 0.230 e. The van der Waals surface area contributed by atoms with Gasteiger partial charge in [-0.2, -0.15) is 0 Å². The molecule has 0 bridgehead atoms. The van der Waals surface area contributed by atoms with E-state index in [-0.39, 0.29) is 18.6 Å². The number of amides is 1. The number of carbonyl (C=O) groups is 1. The zero-order chi connectivity index (χ0) is 13.4. The number of carbonyl (C=O) groups excluding carboxylic acids is 1. The zero-order valence-electron chi connectivity index (χ0n) is 10.7. The van der Waals surface area contributed by atoms with E-state index in [2.05, 4.69) is 5.32 Å². The van der Waals surface area contributed by atoms with Crippen molar-refractivity contribution < 1.29 is 14.6 Å². The van der Waals surface area contributed by atoms with E-state index >= 15 is 0 Å². The summed E-state index contributed by atoms with van der Waals surface area (Å²) in [6.45, 7) is 2.43. The van der Waals surface area contributed by atoms with Gasteiger partial charge in [0.1, 0.15) is 0 Å². The highest BCUT2D eigenvalue weighted by atomic mass is 32.2. The number of hydrogen-bond acceptors (Lipinski definition) is 4. The van der Waals surface area contributed by atoms with E-state index in [1.54, 1.807) is 7.11 Å². The van der Waals surface area contributed by atoms with Crippen molar-refractivity contribution in [1.82, 2.24) is 5.32 Å². The molecule has 1 atom stereocenters. The van der Waals surface area contributed by atoms with Gasteiger partial charge < -0.3 is 15.2 Å². The largest absolute Gasteiger partial charge is 0.392 e. The molecule has 2 N–H and O–H groups in total. The van der Waals surface area contributed by atoms with Crippen LogP contribution in [0.2, 0.25) is 0 Å². The van der Waals surface area contributed by atoms with Crippen molar-refractivity contribution in [1.29, 1.82) is 0 Å². The number of aliphatic hydroxyl groups excluding tert-OH is 1. The molecule has 0 aliphatic heterocycles. The molecule has 0 radical (unpaired) electrons. The molecule has 4 nitrogen and oxygen atoms in total. The van der Waals surface area contributed by atoms with Crippen molar-refractivity contribution in [2.24, 2.45) is 0 Å². The third-order valence-electron chi connectivity index (χ3n) is 2.28. The minimum atomic E-state index is -0.0149. The van der Waals surface area contributed by atoms with Gasteiger partial charge in [-0.1, -0.05) is 12.1 Å². The van der Waals surface area contributed by atoms with E-state index in [9.17, 15) is 4.79 Å². The average Bonchev–Trinajstić information content (AvgIpc) is 2.37. The summed E-state index contributed by atoms with van der Waals surface area (Å²) in [4.78, 5) is 12.6. The summed E-state index contributed by atoms with van der Waals surface area (Å²) in [6, 6.07) is 7.56. The molecule has 1 aromatic rings. The molecule has 0 aromatic heterocycles. The highest BCUT2D eigenvalue weighted by Crippen LogP contribution is 2.18. The minimum Gasteiger partial charge on any atom is -0.392 e. The predicted octanol–water partition coefficient (Wildman–Crippen LogP) is 1.42. The molecule has 1 aromatic carbocycles. The van der Waals surface area contributed by atoms with E-state index in [1.165, 1.54) is 11.8 Å². The molecule has 1 amide bonds. The molecular formula is C13H19NO3S. The molecule has 0 saturated carbocycles. The average molecular weight is 269 g/mol. The predicted molar refractivity (Wildman–Crippen MR) is 72.6 cm³/mol. The molecule has 0 saturated heterocycles. The fourth-order valence-corrected chi connectivity index (χ4v) is 2.28. The second kappa shape index (κ2) is 8.13. The number of nitrogens with one attached hydrogen (secondary N) is 1. The number of hydrogen-bond donors (Lipinski definition) is 2. The van der Waals surface area contributed by atoms with Crippen LogP contribution in [-0.2, 0) is 16.1 Å². The number of methoxy groups -OCH3 is 1. The molecule has 0 aliphatic rings. The van der Waals surface area contributed by atoms with E-state index in [1.807, 2.05) is 31.2 Å². The van der Waals surface area contributed by atoms with Crippen LogP contribution >= 0.6 is 11.8 Å². The number of aliphatic hydroxyl groups is 1. The first-order valence-corrected chi connectivity index (χ1v) is 6.75. The Hall–Kier alpha value is -1.04. The van der Waals surface area contributed by atoms with Crippen molar-refractivity contribution in [2.45, 2.75) is 24.5 Å². The van der Waals surface area contributed by atoms with Gasteiger partial charge in [-0.3, -0.25) is 4.79 Å². The Kier molecular flexibility index (Phi) is 6.78. The molecule has 0 heterocycles. The second-order valence-corrected chi connectivity index (χ2v) is 5.07. The van der Waals surface area contributed by atoms with Crippen molar-refractivity contribution >= 4 is 17.7 Å². The maximum atomic E-state index is 11.6. The van der Waals surface area contributed by atoms with Crippen LogP contribution in [0.5, 0.6) is 0 Å². The first-order chi connectivity index (χ1) is 8.65. The first-order valence-electron chi connectivity index (χ1n) is 5.76. The summed E-state index contributed by atoms with van der Waals surface area (Å²) in [5.41, 5.74) is 0.855. The van der Waals surface area contributed by atoms with Gasteiger partial charge in [-0.25, -0.2) is 0 Å². The van der Waals surface area contributed by atoms with E-state index in [0.717, 1.165) is 10.5 Å². The Morgan fingerprint density at radius 2 is 2.33 bits per heavy atom.